The van der Waals surface area contributed by atoms with Crippen molar-refractivity contribution in [3.63, 3.8) is 0 Å². The van der Waals surface area contributed by atoms with Crippen molar-refractivity contribution in [2.45, 2.75) is 39.4 Å². The molecule has 0 saturated carbocycles. The summed E-state index contributed by atoms with van der Waals surface area (Å²) >= 11 is 0. The summed E-state index contributed by atoms with van der Waals surface area (Å²) in [7, 11) is 0. The van der Waals surface area contributed by atoms with E-state index in [0.29, 0.717) is 12.3 Å². The van der Waals surface area contributed by atoms with E-state index in [4.69, 9.17) is 5.11 Å². The van der Waals surface area contributed by atoms with Gasteiger partial charge in [-0.2, -0.15) is 13.2 Å². The molecule has 122 valence electrons. The number of carbonyl (C=O) groups is 2. The van der Waals surface area contributed by atoms with Crippen LogP contribution < -0.4 is 5.32 Å². The van der Waals surface area contributed by atoms with Gasteiger partial charge in [0.1, 0.15) is 0 Å². The van der Waals surface area contributed by atoms with Crippen molar-refractivity contribution in [3.8, 4) is 0 Å². The summed E-state index contributed by atoms with van der Waals surface area (Å²) in [6.45, 7) is 4.68. The standard InChI is InChI=1S/C13H21F3N2O3/c1-7(2)4-8(3)17-12(21)18-5-9(11(19)20)10(6-18)13(14,15)16/h7-10H,4-6H2,1-3H3,(H,17,21)(H,19,20)/t8?,9-,10-/m1/s1. The van der Waals surface area contributed by atoms with Gasteiger partial charge in [-0.05, 0) is 19.3 Å². The van der Waals surface area contributed by atoms with Gasteiger partial charge >= 0.3 is 18.2 Å². The number of nitrogens with zero attached hydrogens (tertiary/aromatic N) is 1. The van der Waals surface area contributed by atoms with Gasteiger partial charge in [-0.25, -0.2) is 4.79 Å². The van der Waals surface area contributed by atoms with E-state index in [9.17, 15) is 22.8 Å². The highest BCUT2D eigenvalue weighted by Gasteiger charge is 2.53. The molecule has 2 amide bonds. The van der Waals surface area contributed by atoms with E-state index in [1.54, 1.807) is 6.92 Å². The van der Waals surface area contributed by atoms with E-state index in [-0.39, 0.29) is 6.04 Å². The summed E-state index contributed by atoms with van der Waals surface area (Å²) in [5.74, 6) is -4.80. The van der Waals surface area contributed by atoms with E-state index < -0.39 is 43.1 Å². The molecule has 0 aromatic carbocycles. The summed E-state index contributed by atoms with van der Waals surface area (Å²) in [5, 5.41) is 11.5. The normalized spacial score (nSPS) is 24.2. The number of hydrogen-bond acceptors (Lipinski definition) is 2. The molecule has 8 heteroatoms. The number of nitrogens with one attached hydrogen (secondary N) is 1. The molecule has 1 aliphatic heterocycles. The number of rotatable bonds is 4. The number of amides is 2. The molecule has 1 aliphatic rings. The molecule has 0 aromatic heterocycles. The van der Waals surface area contributed by atoms with Crippen molar-refractivity contribution in [1.82, 2.24) is 10.2 Å². The topological polar surface area (TPSA) is 69.6 Å². The zero-order valence-corrected chi connectivity index (χ0v) is 12.3. The molecule has 0 aliphatic carbocycles. The van der Waals surface area contributed by atoms with Crippen LogP contribution in [0.3, 0.4) is 0 Å². The first kappa shape index (κ1) is 17.6. The SMILES string of the molecule is CC(C)CC(C)NC(=O)N1C[C@@H](C(F)(F)F)[C@H](C(=O)O)C1. The Morgan fingerprint density at radius 2 is 1.86 bits per heavy atom. The molecule has 1 rings (SSSR count). The van der Waals surface area contributed by atoms with Gasteiger partial charge in [0.15, 0.2) is 0 Å². The van der Waals surface area contributed by atoms with Gasteiger partial charge in [0.2, 0.25) is 0 Å². The fourth-order valence-corrected chi connectivity index (χ4v) is 2.62. The largest absolute Gasteiger partial charge is 0.481 e. The maximum absolute atomic E-state index is 12.8. The first-order valence-corrected chi connectivity index (χ1v) is 6.87. The molecular formula is C13H21F3N2O3. The number of carboxylic acid groups (broad SMARTS) is 1. The number of carbonyl (C=O) groups excluding carboxylic acids is 1. The monoisotopic (exact) mass is 310 g/mol. The highest BCUT2D eigenvalue weighted by Crippen LogP contribution is 2.37. The van der Waals surface area contributed by atoms with Gasteiger partial charge in [-0.3, -0.25) is 4.79 Å². The molecule has 0 aromatic rings. The second-order valence-electron chi connectivity index (χ2n) is 5.98. The molecule has 1 saturated heterocycles. The second kappa shape index (κ2) is 6.53. The third kappa shape index (κ3) is 4.78. The van der Waals surface area contributed by atoms with Crippen LogP contribution in [0.25, 0.3) is 0 Å². The summed E-state index contributed by atoms with van der Waals surface area (Å²) in [5.41, 5.74) is 0. The lowest BCUT2D eigenvalue weighted by atomic mass is 9.96. The summed E-state index contributed by atoms with van der Waals surface area (Å²) in [6, 6.07) is -0.813. The fourth-order valence-electron chi connectivity index (χ4n) is 2.62. The number of urea groups is 1. The van der Waals surface area contributed by atoms with E-state index in [2.05, 4.69) is 5.32 Å². The predicted molar refractivity (Wildman–Crippen MR) is 69.7 cm³/mol. The third-order valence-corrected chi connectivity index (χ3v) is 3.54. The molecule has 2 N–H and O–H groups in total. The van der Waals surface area contributed by atoms with Crippen molar-refractivity contribution < 1.29 is 27.9 Å². The van der Waals surface area contributed by atoms with Gasteiger partial charge < -0.3 is 15.3 Å². The average molecular weight is 310 g/mol. The van der Waals surface area contributed by atoms with Crippen LogP contribution in [-0.4, -0.2) is 47.3 Å². The van der Waals surface area contributed by atoms with Crippen LogP contribution in [0.5, 0.6) is 0 Å². The Bertz CT molecular complexity index is 399. The van der Waals surface area contributed by atoms with E-state index in [1.807, 2.05) is 13.8 Å². The second-order valence-corrected chi connectivity index (χ2v) is 5.98. The highest BCUT2D eigenvalue weighted by molar-refractivity contribution is 5.78. The Balaban J connectivity index is 2.69. The van der Waals surface area contributed by atoms with Crippen molar-refractivity contribution in [2.24, 2.45) is 17.8 Å². The lowest BCUT2D eigenvalue weighted by Gasteiger charge is -2.22. The predicted octanol–water partition coefficient (Wildman–Crippen LogP) is 2.33. The molecular weight excluding hydrogens is 289 g/mol. The molecule has 0 spiro atoms. The van der Waals surface area contributed by atoms with Gasteiger partial charge in [-0.1, -0.05) is 13.8 Å². The van der Waals surface area contributed by atoms with Crippen LogP contribution >= 0.6 is 0 Å². The van der Waals surface area contributed by atoms with Gasteiger partial charge in [-0.15, -0.1) is 0 Å². The molecule has 21 heavy (non-hydrogen) atoms. The number of aliphatic carboxylic acids is 1. The molecule has 1 unspecified atom stereocenters. The van der Waals surface area contributed by atoms with Gasteiger partial charge in [0.05, 0.1) is 11.8 Å². The minimum Gasteiger partial charge on any atom is -0.481 e. The van der Waals surface area contributed by atoms with E-state index in [0.717, 1.165) is 4.90 Å². The van der Waals surface area contributed by atoms with Crippen molar-refractivity contribution in [2.75, 3.05) is 13.1 Å². The number of carboxylic acids is 1. The number of likely N-dealkylation sites (tertiary alicyclic amines) is 1. The molecule has 1 fully saturated rings. The molecule has 0 bridgehead atoms. The Kier molecular flexibility index (Phi) is 5.47. The number of alkyl halides is 3. The summed E-state index contributed by atoms with van der Waals surface area (Å²) in [6.07, 6.45) is -3.92. The minimum atomic E-state index is -4.62. The fraction of sp³-hybridized carbons (Fsp3) is 0.846. The molecule has 3 atom stereocenters. The van der Waals surface area contributed by atoms with Crippen LogP contribution in [0.1, 0.15) is 27.2 Å². The lowest BCUT2D eigenvalue weighted by Crippen LogP contribution is -2.43. The average Bonchev–Trinajstić information content (AvgIpc) is 2.71. The Hall–Kier alpha value is -1.47. The molecule has 5 nitrogen and oxygen atoms in total. The van der Waals surface area contributed by atoms with Crippen molar-refractivity contribution in [1.29, 1.82) is 0 Å². The Morgan fingerprint density at radius 1 is 1.29 bits per heavy atom. The first-order valence-electron chi connectivity index (χ1n) is 6.87. The summed E-state index contributed by atoms with van der Waals surface area (Å²) < 4.78 is 38.5. The smallest absolute Gasteiger partial charge is 0.394 e. The van der Waals surface area contributed by atoms with Crippen molar-refractivity contribution >= 4 is 12.0 Å². The Labute approximate surface area is 121 Å². The van der Waals surface area contributed by atoms with Crippen molar-refractivity contribution in [3.05, 3.63) is 0 Å². The van der Waals surface area contributed by atoms with Crippen LogP contribution in [0.4, 0.5) is 18.0 Å². The van der Waals surface area contributed by atoms with Crippen LogP contribution in [0, 0.1) is 17.8 Å². The quantitative estimate of drug-likeness (QED) is 0.837. The van der Waals surface area contributed by atoms with Gasteiger partial charge in [0.25, 0.3) is 0 Å². The van der Waals surface area contributed by atoms with Crippen LogP contribution in [-0.2, 0) is 4.79 Å². The zero-order valence-electron chi connectivity index (χ0n) is 12.3. The van der Waals surface area contributed by atoms with Crippen LogP contribution in [0.15, 0.2) is 0 Å². The lowest BCUT2D eigenvalue weighted by molar-refractivity contribution is -0.187. The number of halogens is 3. The Morgan fingerprint density at radius 3 is 2.24 bits per heavy atom. The molecule has 0 radical (unpaired) electrons. The first-order chi connectivity index (χ1) is 9.52. The zero-order chi connectivity index (χ0) is 16.4. The van der Waals surface area contributed by atoms with Gasteiger partial charge in [0, 0.05) is 19.1 Å². The van der Waals surface area contributed by atoms with Crippen LogP contribution in [0.2, 0.25) is 0 Å². The highest BCUT2D eigenvalue weighted by atomic mass is 19.4. The molecule has 1 heterocycles. The number of hydrogen-bond donors (Lipinski definition) is 2. The van der Waals surface area contributed by atoms with E-state index >= 15 is 0 Å². The maximum Gasteiger partial charge on any atom is 0.394 e. The maximum atomic E-state index is 12.8. The van der Waals surface area contributed by atoms with E-state index in [1.165, 1.54) is 0 Å². The minimum absolute atomic E-state index is 0.175. The summed E-state index contributed by atoms with van der Waals surface area (Å²) in [4.78, 5) is 23.8. The third-order valence-electron chi connectivity index (χ3n) is 3.54.